The van der Waals surface area contributed by atoms with E-state index in [1.54, 1.807) is 0 Å². The molecule has 3 rings (SSSR count). The van der Waals surface area contributed by atoms with Crippen LogP contribution in [0.25, 0.3) is 5.65 Å². The van der Waals surface area contributed by atoms with Gasteiger partial charge in [-0.25, -0.2) is 4.98 Å². The van der Waals surface area contributed by atoms with Crippen LogP contribution >= 0.6 is 0 Å². The van der Waals surface area contributed by atoms with Crippen molar-refractivity contribution in [2.24, 2.45) is 0 Å². The van der Waals surface area contributed by atoms with Crippen molar-refractivity contribution >= 4 is 11.6 Å². The molecule has 2 aromatic heterocycles. The van der Waals surface area contributed by atoms with Crippen molar-refractivity contribution in [3.63, 3.8) is 0 Å². The van der Waals surface area contributed by atoms with Gasteiger partial charge in [-0.3, -0.25) is 9.20 Å². The summed E-state index contributed by atoms with van der Waals surface area (Å²) in [5.41, 5.74) is 0.991. The summed E-state index contributed by atoms with van der Waals surface area (Å²) in [5, 5.41) is 8.46. The van der Waals surface area contributed by atoms with Crippen LogP contribution < -0.4 is 0 Å². The smallest absolute Gasteiger partial charge is 0.319 e. The first-order chi connectivity index (χ1) is 9.58. The molecule has 0 bridgehead atoms. The van der Waals surface area contributed by atoms with Crippen LogP contribution in [0, 0.1) is 13.8 Å². The number of hydrogen-bond acceptors (Lipinski definition) is 5. The van der Waals surface area contributed by atoms with Crippen molar-refractivity contribution in [2.45, 2.75) is 45.4 Å². The maximum atomic E-state index is 12.3. The van der Waals surface area contributed by atoms with E-state index in [1.165, 1.54) is 0 Å². The first-order valence-electron chi connectivity index (χ1n) is 6.95. The van der Waals surface area contributed by atoms with Crippen molar-refractivity contribution in [3.05, 3.63) is 23.4 Å². The summed E-state index contributed by atoms with van der Waals surface area (Å²) in [5.74, 6) is 1.28. The van der Waals surface area contributed by atoms with Gasteiger partial charge in [0.05, 0.1) is 6.61 Å². The van der Waals surface area contributed by atoms with Crippen LogP contribution in [0.15, 0.2) is 6.07 Å². The normalized spacial score (nSPS) is 16.9. The molecule has 1 fully saturated rings. The summed E-state index contributed by atoms with van der Waals surface area (Å²) in [6, 6.07) is 1.88. The highest BCUT2D eigenvalue weighted by molar-refractivity contribution is 5.83. The molecular formula is C14H18N4O2. The Bertz CT molecular complexity index is 673. The Labute approximate surface area is 117 Å². The largest absolute Gasteiger partial charge is 0.465 e. The molecule has 0 atom stereocenters. The van der Waals surface area contributed by atoms with E-state index in [-0.39, 0.29) is 5.97 Å². The number of esters is 1. The molecular weight excluding hydrogens is 256 g/mol. The van der Waals surface area contributed by atoms with Crippen LogP contribution in [0.1, 0.15) is 43.5 Å². The highest BCUT2D eigenvalue weighted by Gasteiger charge is 2.51. The summed E-state index contributed by atoms with van der Waals surface area (Å²) in [4.78, 5) is 16.8. The minimum atomic E-state index is -0.642. The second-order valence-corrected chi connectivity index (χ2v) is 5.32. The number of carbonyl (C=O) groups excluding carboxylic acids is 1. The molecule has 1 aliphatic rings. The molecule has 0 spiro atoms. The van der Waals surface area contributed by atoms with E-state index in [4.69, 9.17) is 4.74 Å². The Morgan fingerprint density at radius 3 is 2.75 bits per heavy atom. The molecule has 0 saturated heterocycles. The predicted molar refractivity (Wildman–Crippen MR) is 72.4 cm³/mol. The molecule has 0 aromatic carbocycles. The third-order valence-electron chi connectivity index (χ3n) is 3.99. The van der Waals surface area contributed by atoms with Crippen LogP contribution in [0.2, 0.25) is 0 Å². The first-order valence-corrected chi connectivity index (χ1v) is 6.95. The zero-order valence-corrected chi connectivity index (χ0v) is 12.0. The van der Waals surface area contributed by atoms with E-state index in [0.717, 1.165) is 36.4 Å². The highest BCUT2D eigenvalue weighted by atomic mass is 16.5. The lowest BCUT2D eigenvalue weighted by atomic mass is 9.68. The summed E-state index contributed by atoms with van der Waals surface area (Å²) < 4.78 is 7.12. The fourth-order valence-corrected chi connectivity index (χ4v) is 2.86. The lowest BCUT2D eigenvalue weighted by Crippen LogP contribution is -2.45. The number of hydrogen-bond donors (Lipinski definition) is 0. The molecule has 0 radical (unpaired) electrons. The molecule has 0 aliphatic heterocycles. The molecule has 0 N–H and O–H groups in total. The van der Waals surface area contributed by atoms with Crippen molar-refractivity contribution in [1.82, 2.24) is 19.6 Å². The van der Waals surface area contributed by atoms with Crippen LogP contribution in [0.4, 0.5) is 0 Å². The van der Waals surface area contributed by atoms with E-state index in [9.17, 15) is 4.79 Å². The molecule has 6 nitrogen and oxygen atoms in total. The first kappa shape index (κ1) is 13.0. The maximum Gasteiger partial charge on any atom is 0.319 e. The molecule has 2 heterocycles. The molecule has 0 amide bonds. The number of rotatable bonds is 3. The Hall–Kier alpha value is -1.98. The number of aryl methyl sites for hydroxylation is 2. The molecule has 106 valence electrons. The third-order valence-corrected chi connectivity index (χ3v) is 3.99. The van der Waals surface area contributed by atoms with Gasteiger partial charge >= 0.3 is 5.97 Å². The minimum absolute atomic E-state index is 0.194. The summed E-state index contributed by atoms with van der Waals surface area (Å²) in [7, 11) is 0. The topological polar surface area (TPSA) is 69.4 Å². The predicted octanol–water partition coefficient (Wildman–Crippen LogP) is 1.73. The molecule has 1 aliphatic carbocycles. The fourth-order valence-electron chi connectivity index (χ4n) is 2.86. The average molecular weight is 274 g/mol. The molecule has 1 saturated carbocycles. The Balaban J connectivity index is 2.16. The average Bonchev–Trinajstić information content (AvgIpc) is 2.72. The second-order valence-electron chi connectivity index (χ2n) is 5.32. The third kappa shape index (κ3) is 1.71. The van der Waals surface area contributed by atoms with Gasteiger partial charge in [0.2, 0.25) is 0 Å². The van der Waals surface area contributed by atoms with Gasteiger partial charge in [0.1, 0.15) is 11.2 Å². The van der Waals surface area contributed by atoms with Gasteiger partial charge in [-0.15, -0.1) is 10.2 Å². The SMILES string of the molecule is CCOC(=O)C1(c2nnc3cc(C)nc(C)n23)CCC1. The van der Waals surface area contributed by atoms with Crippen molar-refractivity contribution < 1.29 is 9.53 Å². The quantitative estimate of drug-likeness (QED) is 0.797. The Kier molecular flexibility index (Phi) is 2.96. The summed E-state index contributed by atoms with van der Waals surface area (Å²) in [6.45, 7) is 6.03. The van der Waals surface area contributed by atoms with Gasteiger partial charge in [0, 0.05) is 11.8 Å². The number of ether oxygens (including phenoxy) is 1. The number of carbonyl (C=O) groups is 1. The summed E-state index contributed by atoms with van der Waals surface area (Å²) >= 11 is 0. The second kappa shape index (κ2) is 4.54. The Morgan fingerprint density at radius 2 is 2.15 bits per heavy atom. The molecule has 20 heavy (non-hydrogen) atoms. The van der Waals surface area contributed by atoms with E-state index in [1.807, 2.05) is 31.2 Å². The number of aromatic nitrogens is 4. The standard InChI is InChI=1S/C14H18N4O2/c1-4-20-13(19)14(6-5-7-14)12-17-16-11-8-9(2)15-10(3)18(11)12/h8H,4-7H2,1-3H3. The van der Waals surface area contributed by atoms with Crippen LogP contribution in [-0.2, 0) is 14.9 Å². The van der Waals surface area contributed by atoms with E-state index < -0.39 is 5.41 Å². The van der Waals surface area contributed by atoms with Crippen LogP contribution in [-0.4, -0.2) is 32.2 Å². The maximum absolute atomic E-state index is 12.3. The van der Waals surface area contributed by atoms with Crippen LogP contribution in [0.5, 0.6) is 0 Å². The van der Waals surface area contributed by atoms with E-state index in [2.05, 4.69) is 15.2 Å². The highest BCUT2D eigenvalue weighted by Crippen LogP contribution is 2.44. The molecule has 6 heteroatoms. The fraction of sp³-hybridized carbons (Fsp3) is 0.571. The van der Waals surface area contributed by atoms with Gasteiger partial charge < -0.3 is 4.74 Å². The van der Waals surface area contributed by atoms with Crippen LogP contribution in [0.3, 0.4) is 0 Å². The minimum Gasteiger partial charge on any atom is -0.465 e. The van der Waals surface area contributed by atoms with E-state index >= 15 is 0 Å². The summed E-state index contributed by atoms with van der Waals surface area (Å²) in [6.07, 6.45) is 2.53. The number of fused-ring (bicyclic) bond motifs is 1. The van der Waals surface area contributed by atoms with Gasteiger partial charge in [-0.2, -0.15) is 0 Å². The lowest BCUT2D eigenvalue weighted by molar-refractivity contribution is -0.154. The van der Waals surface area contributed by atoms with Gasteiger partial charge in [-0.1, -0.05) is 6.42 Å². The lowest BCUT2D eigenvalue weighted by Gasteiger charge is -2.37. The molecule has 2 aromatic rings. The van der Waals surface area contributed by atoms with Crippen molar-refractivity contribution in [2.75, 3.05) is 6.61 Å². The zero-order chi connectivity index (χ0) is 14.3. The van der Waals surface area contributed by atoms with E-state index in [0.29, 0.717) is 12.4 Å². The molecule has 0 unspecified atom stereocenters. The van der Waals surface area contributed by atoms with Gasteiger partial charge in [0.25, 0.3) is 0 Å². The van der Waals surface area contributed by atoms with Gasteiger partial charge in [-0.05, 0) is 33.6 Å². The number of nitrogens with zero attached hydrogens (tertiary/aromatic N) is 4. The monoisotopic (exact) mass is 274 g/mol. The van der Waals surface area contributed by atoms with Gasteiger partial charge in [0.15, 0.2) is 11.5 Å². The zero-order valence-electron chi connectivity index (χ0n) is 12.0. The van der Waals surface area contributed by atoms with Crippen molar-refractivity contribution in [1.29, 1.82) is 0 Å². The van der Waals surface area contributed by atoms with Crippen molar-refractivity contribution in [3.8, 4) is 0 Å². The Morgan fingerprint density at radius 1 is 1.40 bits per heavy atom.